The molecule has 1 amide bonds. The average Bonchev–Trinajstić information content (AvgIpc) is 3.26. The first kappa shape index (κ1) is 24.4. The molecule has 0 bridgehead atoms. The van der Waals surface area contributed by atoms with Crippen molar-refractivity contribution >= 4 is 52.5 Å². The molecule has 36 heavy (non-hydrogen) atoms. The molecule has 1 aromatic heterocycles. The molecule has 182 valence electrons. The lowest BCUT2D eigenvalue weighted by atomic mass is 9.95. The van der Waals surface area contributed by atoms with Gasteiger partial charge in [0, 0.05) is 32.7 Å². The molecule has 1 aliphatic rings. The summed E-state index contributed by atoms with van der Waals surface area (Å²) in [4.78, 5) is 18.1. The fourth-order valence-electron chi connectivity index (χ4n) is 3.97. The van der Waals surface area contributed by atoms with Gasteiger partial charge in [-0.3, -0.25) is 4.79 Å². The topological polar surface area (TPSA) is 71.8 Å². The number of fused-ring (bicyclic) bond motifs is 1. The Labute approximate surface area is 221 Å². The summed E-state index contributed by atoms with van der Waals surface area (Å²) in [5.74, 6) is 0.0907. The van der Waals surface area contributed by atoms with Gasteiger partial charge in [0.05, 0.1) is 5.57 Å². The van der Waals surface area contributed by atoms with E-state index >= 15 is 0 Å². The van der Waals surface area contributed by atoms with Gasteiger partial charge in [0.25, 0.3) is 5.91 Å². The van der Waals surface area contributed by atoms with Crippen LogP contribution in [0.2, 0.25) is 10.0 Å². The van der Waals surface area contributed by atoms with E-state index in [4.69, 9.17) is 23.2 Å². The Bertz CT molecular complexity index is 1440. The van der Waals surface area contributed by atoms with Crippen LogP contribution in [0.1, 0.15) is 24.1 Å². The fraction of sp³-hybridized carbons (Fsp3) is 0.115. The van der Waals surface area contributed by atoms with Crippen LogP contribution in [0, 0.1) is 5.82 Å². The number of nitrogens with zero attached hydrogens (tertiary/aromatic N) is 3. The molecule has 6 nitrogen and oxygen atoms in total. The second-order valence-electron chi connectivity index (χ2n) is 8.09. The van der Waals surface area contributed by atoms with Gasteiger partial charge in [-0.05, 0) is 48.9 Å². The zero-order valence-corrected chi connectivity index (χ0v) is 21.3. The number of hydrogen-bond donors (Lipinski definition) is 2. The number of rotatable bonds is 6. The number of carbonyl (C=O) groups excluding carboxylic acids is 1. The molecule has 0 unspecified atom stereocenters. The minimum absolute atomic E-state index is 0.258. The average molecular weight is 540 g/mol. The maximum Gasteiger partial charge on any atom is 0.255 e. The molecule has 0 saturated heterocycles. The van der Waals surface area contributed by atoms with Crippen LogP contribution in [0.3, 0.4) is 0 Å². The molecule has 1 aliphatic heterocycles. The molecule has 1 atom stereocenters. The fourth-order valence-corrected chi connectivity index (χ4v) is 5.27. The smallest absolute Gasteiger partial charge is 0.255 e. The van der Waals surface area contributed by atoms with E-state index in [2.05, 4.69) is 20.7 Å². The van der Waals surface area contributed by atoms with E-state index in [0.29, 0.717) is 43.7 Å². The summed E-state index contributed by atoms with van der Waals surface area (Å²) >= 11 is 13.6. The summed E-state index contributed by atoms with van der Waals surface area (Å²) in [5.41, 5.74) is 3.03. The molecule has 4 aromatic rings. The number of halogens is 3. The molecule has 5 rings (SSSR count). The van der Waals surface area contributed by atoms with Gasteiger partial charge in [-0.25, -0.2) is 9.07 Å². The minimum Gasteiger partial charge on any atom is -0.328 e. The number of nitrogens with one attached hydrogen (secondary N) is 2. The minimum atomic E-state index is -0.555. The molecule has 2 N–H and O–H groups in total. The van der Waals surface area contributed by atoms with Crippen molar-refractivity contribution in [1.29, 1.82) is 0 Å². The molecular formula is C26H20Cl2FN5OS. The maximum atomic E-state index is 14.2. The predicted molar refractivity (Wildman–Crippen MR) is 142 cm³/mol. The molecule has 0 aliphatic carbocycles. The highest BCUT2D eigenvalue weighted by Crippen LogP contribution is 2.37. The van der Waals surface area contributed by atoms with Crippen molar-refractivity contribution in [3.63, 3.8) is 0 Å². The van der Waals surface area contributed by atoms with Gasteiger partial charge in [-0.1, -0.05) is 71.4 Å². The summed E-state index contributed by atoms with van der Waals surface area (Å²) in [5, 5.41) is 12.2. The highest BCUT2D eigenvalue weighted by Gasteiger charge is 2.34. The van der Waals surface area contributed by atoms with E-state index in [-0.39, 0.29) is 17.5 Å². The number of benzene rings is 3. The highest BCUT2D eigenvalue weighted by atomic mass is 35.5. The number of carbonyl (C=O) groups is 1. The summed E-state index contributed by atoms with van der Waals surface area (Å²) < 4.78 is 15.9. The van der Waals surface area contributed by atoms with Gasteiger partial charge in [-0.15, -0.1) is 5.10 Å². The molecular weight excluding hydrogens is 520 g/mol. The molecule has 0 fully saturated rings. The molecule has 2 heterocycles. The van der Waals surface area contributed by atoms with Gasteiger partial charge >= 0.3 is 0 Å². The highest BCUT2D eigenvalue weighted by molar-refractivity contribution is 7.98. The van der Waals surface area contributed by atoms with E-state index in [1.165, 1.54) is 17.8 Å². The van der Waals surface area contributed by atoms with E-state index in [1.807, 2.05) is 49.4 Å². The first-order valence-electron chi connectivity index (χ1n) is 11.0. The number of anilines is 2. The Morgan fingerprint density at radius 2 is 1.83 bits per heavy atom. The number of hydrogen-bond acceptors (Lipinski definition) is 5. The largest absolute Gasteiger partial charge is 0.328 e. The maximum absolute atomic E-state index is 14.2. The second-order valence-corrected chi connectivity index (χ2v) is 9.88. The lowest BCUT2D eigenvalue weighted by molar-refractivity contribution is -0.113. The summed E-state index contributed by atoms with van der Waals surface area (Å²) in [6, 6.07) is 20.5. The second kappa shape index (κ2) is 10.3. The van der Waals surface area contributed by atoms with Crippen molar-refractivity contribution in [1.82, 2.24) is 14.8 Å². The van der Waals surface area contributed by atoms with E-state index < -0.39 is 6.04 Å². The molecule has 0 spiro atoms. The van der Waals surface area contributed by atoms with Crippen molar-refractivity contribution in [2.45, 2.75) is 23.9 Å². The van der Waals surface area contributed by atoms with Crippen LogP contribution in [0.4, 0.5) is 16.0 Å². The zero-order valence-electron chi connectivity index (χ0n) is 19.0. The monoisotopic (exact) mass is 539 g/mol. The first-order valence-corrected chi connectivity index (χ1v) is 12.8. The third-order valence-corrected chi connectivity index (χ3v) is 7.17. The van der Waals surface area contributed by atoms with Gasteiger partial charge in [0.1, 0.15) is 11.9 Å². The Balaban J connectivity index is 1.49. The first-order chi connectivity index (χ1) is 17.4. The zero-order chi connectivity index (χ0) is 25.2. The normalized spacial score (nSPS) is 14.8. The SMILES string of the molecule is CC1=C(C(=O)Nc2ccccc2)[C@H](c2ccc(Cl)cc2)n2nc(SCc3c(F)cccc3Cl)nc2N1. The van der Waals surface area contributed by atoms with Crippen LogP contribution >= 0.6 is 35.0 Å². The summed E-state index contributed by atoms with van der Waals surface area (Å²) in [6.45, 7) is 1.83. The summed E-state index contributed by atoms with van der Waals surface area (Å²) in [7, 11) is 0. The van der Waals surface area contributed by atoms with Crippen molar-refractivity contribution in [3.8, 4) is 0 Å². The van der Waals surface area contributed by atoms with Gasteiger partial charge in [0.2, 0.25) is 11.1 Å². The van der Waals surface area contributed by atoms with Crippen molar-refractivity contribution < 1.29 is 9.18 Å². The Hall–Kier alpha value is -3.33. The summed E-state index contributed by atoms with van der Waals surface area (Å²) in [6.07, 6.45) is 0. The molecule has 10 heteroatoms. The van der Waals surface area contributed by atoms with Crippen LogP contribution in [0.5, 0.6) is 0 Å². The van der Waals surface area contributed by atoms with Crippen molar-refractivity contribution in [2.75, 3.05) is 10.6 Å². The van der Waals surface area contributed by atoms with E-state index in [0.717, 1.165) is 5.56 Å². The van der Waals surface area contributed by atoms with Gasteiger partial charge in [0.15, 0.2) is 0 Å². The third kappa shape index (κ3) is 4.97. The van der Waals surface area contributed by atoms with Crippen LogP contribution in [0.25, 0.3) is 0 Å². The quantitative estimate of drug-likeness (QED) is 0.259. The predicted octanol–water partition coefficient (Wildman–Crippen LogP) is 6.94. The Kier molecular flexibility index (Phi) is 7.00. The molecule has 3 aromatic carbocycles. The van der Waals surface area contributed by atoms with Crippen molar-refractivity contribution in [3.05, 3.63) is 111 Å². The van der Waals surface area contributed by atoms with Gasteiger partial charge < -0.3 is 10.6 Å². The lowest BCUT2D eigenvalue weighted by Crippen LogP contribution is -2.31. The number of amides is 1. The van der Waals surface area contributed by atoms with E-state index in [9.17, 15) is 9.18 Å². The number of thioether (sulfide) groups is 1. The van der Waals surface area contributed by atoms with Crippen LogP contribution in [-0.2, 0) is 10.5 Å². The van der Waals surface area contributed by atoms with E-state index in [1.54, 1.807) is 28.9 Å². The Morgan fingerprint density at radius 3 is 2.56 bits per heavy atom. The third-order valence-electron chi connectivity index (χ3n) is 5.70. The van der Waals surface area contributed by atoms with Crippen molar-refractivity contribution in [2.24, 2.45) is 0 Å². The molecule has 0 radical (unpaired) electrons. The van der Waals surface area contributed by atoms with Gasteiger partial charge in [-0.2, -0.15) is 4.98 Å². The number of para-hydroxylation sites is 1. The van der Waals surface area contributed by atoms with Crippen LogP contribution < -0.4 is 10.6 Å². The number of aromatic nitrogens is 3. The van der Waals surface area contributed by atoms with Crippen LogP contribution in [0.15, 0.2) is 89.2 Å². The standard InChI is InChI=1S/C26H20Cl2FN5OS/c1-15-22(24(35)31-18-6-3-2-4-7-18)23(16-10-12-17(27)13-11-16)34-25(30-15)32-26(33-34)36-14-19-20(28)8-5-9-21(19)29/h2-13,23H,14H2,1H3,(H,31,35)(H,30,32,33)/t23-/m0/s1. The van der Waals surface area contributed by atoms with Crippen LogP contribution in [-0.4, -0.2) is 20.7 Å². The lowest BCUT2D eigenvalue weighted by Gasteiger charge is -2.28. The Morgan fingerprint density at radius 1 is 1.08 bits per heavy atom. The molecule has 0 saturated carbocycles. The number of allylic oxidation sites excluding steroid dienone is 1.